The van der Waals surface area contributed by atoms with Crippen LogP contribution in [0.2, 0.25) is 0 Å². The molecule has 0 aliphatic rings. The van der Waals surface area contributed by atoms with Gasteiger partial charge in [0.25, 0.3) is 0 Å². The number of carbonyl (C=O) groups excluding carboxylic acids is 2. The van der Waals surface area contributed by atoms with E-state index in [2.05, 4.69) is 31.3 Å². The molecule has 0 spiro atoms. The summed E-state index contributed by atoms with van der Waals surface area (Å²) < 4.78 is 5.43. The lowest BCUT2D eigenvalue weighted by molar-refractivity contribution is -0.143. The minimum Gasteiger partial charge on any atom is -0.466 e. The van der Waals surface area contributed by atoms with Crippen LogP contribution in [0.4, 0.5) is 0 Å². The summed E-state index contributed by atoms with van der Waals surface area (Å²) in [6, 6.07) is -0.549. The van der Waals surface area contributed by atoms with Crippen LogP contribution in [0, 0.1) is 0 Å². The number of aliphatic hydroxyl groups excluding tert-OH is 2. The van der Waals surface area contributed by atoms with E-state index >= 15 is 0 Å². The van der Waals surface area contributed by atoms with E-state index in [1.54, 1.807) is 0 Å². The third-order valence-corrected chi connectivity index (χ3v) is 10.8. The van der Waals surface area contributed by atoms with Crippen molar-refractivity contribution in [2.45, 2.75) is 264 Å². The van der Waals surface area contributed by atoms with Crippen LogP contribution in [0.25, 0.3) is 0 Å². The fourth-order valence-corrected chi connectivity index (χ4v) is 7.16. The first kappa shape index (κ1) is 51.6. The Kier molecular flexibility index (Phi) is 42.2. The predicted molar refractivity (Wildman–Crippen MR) is 227 cm³/mol. The summed E-state index contributed by atoms with van der Waals surface area (Å²) in [5.41, 5.74) is 0. The van der Waals surface area contributed by atoms with Gasteiger partial charge < -0.3 is 20.3 Å². The van der Waals surface area contributed by atoms with Crippen LogP contribution in [0.15, 0.2) is 12.2 Å². The van der Waals surface area contributed by atoms with Crippen LogP contribution in [0.1, 0.15) is 251 Å². The number of carbonyl (C=O) groups is 2. The third-order valence-electron chi connectivity index (χ3n) is 10.8. The molecule has 0 aromatic rings. The van der Waals surface area contributed by atoms with Gasteiger partial charge in [0.2, 0.25) is 5.91 Å². The van der Waals surface area contributed by atoms with E-state index in [1.165, 1.54) is 148 Å². The predicted octanol–water partition coefficient (Wildman–Crippen LogP) is 13.4. The summed E-state index contributed by atoms with van der Waals surface area (Å²) in [5.74, 6) is -0.0630. The molecule has 6 nitrogen and oxygen atoms in total. The van der Waals surface area contributed by atoms with E-state index in [1.807, 2.05) is 0 Å². The highest BCUT2D eigenvalue weighted by Gasteiger charge is 2.20. The lowest BCUT2D eigenvalue weighted by Crippen LogP contribution is -2.45. The molecule has 0 radical (unpaired) electrons. The molecule has 0 aliphatic heterocycles. The Hall–Kier alpha value is -1.40. The summed E-state index contributed by atoms with van der Waals surface area (Å²) in [5, 5.41) is 23.1. The fourth-order valence-electron chi connectivity index (χ4n) is 7.16. The van der Waals surface area contributed by atoms with Crippen molar-refractivity contribution in [1.82, 2.24) is 5.32 Å². The highest BCUT2D eigenvalue weighted by atomic mass is 16.5. The van der Waals surface area contributed by atoms with E-state index in [4.69, 9.17) is 4.74 Å². The SMILES string of the molecule is CCCCCCCCCCCCCC(=O)OCCCCCC/C=C\CCCCCCCCCC(=O)NC(CO)C(O)CCCCCCCCCCCC. The zero-order valence-electron chi connectivity index (χ0n) is 35.5. The highest BCUT2D eigenvalue weighted by molar-refractivity contribution is 5.76. The van der Waals surface area contributed by atoms with Gasteiger partial charge in [-0.3, -0.25) is 9.59 Å². The Labute approximate surface area is 329 Å². The molecular formula is C47H91NO5. The first-order valence-electron chi connectivity index (χ1n) is 23.4. The van der Waals surface area contributed by atoms with Gasteiger partial charge in [0, 0.05) is 12.8 Å². The van der Waals surface area contributed by atoms with Crippen LogP contribution in [-0.2, 0) is 14.3 Å². The van der Waals surface area contributed by atoms with Gasteiger partial charge in [0.1, 0.15) is 0 Å². The molecule has 2 unspecified atom stereocenters. The average molecular weight is 750 g/mol. The molecule has 0 aliphatic carbocycles. The van der Waals surface area contributed by atoms with E-state index in [-0.39, 0.29) is 18.5 Å². The topological polar surface area (TPSA) is 95.9 Å². The minimum atomic E-state index is -0.671. The number of unbranched alkanes of at least 4 members (excludes halogenated alkanes) is 30. The molecule has 1 amide bonds. The highest BCUT2D eigenvalue weighted by Crippen LogP contribution is 2.15. The van der Waals surface area contributed by atoms with Crippen LogP contribution >= 0.6 is 0 Å². The molecule has 0 aromatic heterocycles. The number of aliphatic hydroxyl groups is 2. The Balaban J connectivity index is 3.47. The average Bonchev–Trinajstić information content (AvgIpc) is 3.16. The molecule has 0 aromatic carbocycles. The number of nitrogens with one attached hydrogen (secondary N) is 1. The van der Waals surface area contributed by atoms with Crippen molar-refractivity contribution < 1.29 is 24.5 Å². The van der Waals surface area contributed by atoms with Crippen molar-refractivity contribution in [2.75, 3.05) is 13.2 Å². The number of hydrogen-bond acceptors (Lipinski definition) is 5. The molecule has 3 N–H and O–H groups in total. The number of ether oxygens (including phenoxy) is 1. The molecule has 0 saturated carbocycles. The smallest absolute Gasteiger partial charge is 0.305 e. The van der Waals surface area contributed by atoms with Gasteiger partial charge in [-0.25, -0.2) is 0 Å². The van der Waals surface area contributed by atoms with Crippen LogP contribution < -0.4 is 5.32 Å². The first-order chi connectivity index (χ1) is 26.0. The number of rotatable bonds is 43. The van der Waals surface area contributed by atoms with E-state index in [0.717, 1.165) is 70.6 Å². The van der Waals surface area contributed by atoms with Crippen molar-refractivity contribution in [3.05, 3.63) is 12.2 Å². The van der Waals surface area contributed by atoms with Gasteiger partial charge >= 0.3 is 5.97 Å². The molecule has 0 bridgehead atoms. The molecule has 314 valence electrons. The van der Waals surface area contributed by atoms with Gasteiger partial charge in [-0.2, -0.15) is 0 Å². The number of esters is 1. The monoisotopic (exact) mass is 750 g/mol. The number of allylic oxidation sites excluding steroid dienone is 2. The second-order valence-electron chi connectivity index (χ2n) is 16.1. The van der Waals surface area contributed by atoms with Crippen molar-refractivity contribution in [3.8, 4) is 0 Å². The van der Waals surface area contributed by atoms with Gasteiger partial charge in [-0.1, -0.05) is 199 Å². The maximum Gasteiger partial charge on any atom is 0.305 e. The quantitative estimate of drug-likeness (QED) is 0.0328. The van der Waals surface area contributed by atoms with Gasteiger partial charge in [0.15, 0.2) is 0 Å². The normalized spacial score (nSPS) is 12.8. The van der Waals surface area contributed by atoms with Crippen molar-refractivity contribution >= 4 is 11.9 Å². The van der Waals surface area contributed by atoms with Crippen LogP contribution in [0.3, 0.4) is 0 Å². The zero-order chi connectivity index (χ0) is 38.7. The Morgan fingerprint density at radius 2 is 0.887 bits per heavy atom. The largest absolute Gasteiger partial charge is 0.466 e. The maximum atomic E-state index is 12.4. The third kappa shape index (κ3) is 40.1. The van der Waals surface area contributed by atoms with Gasteiger partial charge in [-0.15, -0.1) is 0 Å². The van der Waals surface area contributed by atoms with Crippen LogP contribution in [-0.4, -0.2) is 47.4 Å². The lowest BCUT2D eigenvalue weighted by Gasteiger charge is -2.22. The van der Waals surface area contributed by atoms with E-state index < -0.39 is 12.1 Å². The molecule has 0 rings (SSSR count). The summed E-state index contributed by atoms with van der Waals surface area (Å²) in [6.07, 6.45) is 47.4. The Morgan fingerprint density at radius 3 is 1.34 bits per heavy atom. The maximum absolute atomic E-state index is 12.4. The summed E-state index contributed by atoms with van der Waals surface area (Å²) in [4.78, 5) is 24.3. The molecular weight excluding hydrogens is 659 g/mol. The molecule has 0 fully saturated rings. The second kappa shape index (κ2) is 43.3. The molecule has 0 heterocycles. The van der Waals surface area contributed by atoms with Crippen molar-refractivity contribution in [1.29, 1.82) is 0 Å². The zero-order valence-corrected chi connectivity index (χ0v) is 35.5. The van der Waals surface area contributed by atoms with Gasteiger partial charge in [0.05, 0.1) is 25.4 Å². The van der Waals surface area contributed by atoms with Crippen molar-refractivity contribution in [3.63, 3.8) is 0 Å². The number of amides is 1. The van der Waals surface area contributed by atoms with Gasteiger partial charge in [-0.05, 0) is 51.4 Å². The second-order valence-corrected chi connectivity index (χ2v) is 16.1. The Bertz CT molecular complexity index is 787. The molecule has 0 saturated heterocycles. The summed E-state index contributed by atoms with van der Waals surface area (Å²) in [6.45, 7) is 4.89. The van der Waals surface area contributed by atoms with E-state index in [0.29, 0.717) is 25.9 Å². The van der Waals surface area contributed by atoms with Crippen LogP contribution in [0.5, 0.6) is 0 Å². The first-order valence-corrected chi connectivity index (χ1v) is 23.4. The van der Waals surface area contributed by atoms with E-state index in [9.17, 15) is 19.8 Å². The minimum absolute atomic E-state index is 0.0109. The summed E-state index contributed by atoms with van der Waals surface area (Å²) >= 11 is 0. The number of hydrogen-bond donors (Lipinski definition) is 3. The standard InChI is InChI=1S/C47H91NO5/c1-3-5-7-9-11-13-20-25-29-33-37-41-47(52)53-42-38-34-30-26-22-19-17-15-16-18-21-24-28-32-36-40-46(51)48-44(43-49)45(50)39-35-31-27-23-14-12-10-8-6-4-2/h17,19,44-45,49-50H,3-16,18,20-43H2,1-2H3,(H,48,51)/b19-17-. The Morgan fingerprint density at radius 1 is 0.509 bits per heavy atom. The molecule has 6 heteroatoms. The lowest BCUT2D eigenvalue weighted by atomic mass is 10.0. The fraction of sp³-hybridized carbons (Fsp3) is 0.915. The molecule has 53 heavy (non-hydrogen) atoms. The molecule has 2 atom stereocenters. The van der Waals surface area contributed by atoms with Crippen molar-refractivity contribution in [2.24, 2.45) is 0 Å². The summed E-state index contributed by atoms with van der Waals surface area (Å²) in [7, 11) is 0.